The van der Waals surface area contributed by atoms with E-state index in [0.717, 1.165) is 51.4 Å². The highest BCUT2D eigenvalue weighted by atomic mass is 16.5. The molecule has 1 amide bonds. The van der Waals surface area contributed by atoms with Crippen molar-refractivity contribution in [3.8, 4) is 0 Å². The van der Waals surface area contributed by atoms with Crippen LogP contribution in [0.4, 0.5) is 0 Å². The van der Waals surface area contributed by atoms with Gasteiger partial charge in [-0.3, -0.25) is 9.59 Å². The first kappa shape index (κ1) is 68.3. The van der Waals surface area contributed by atoms with Crippen LogP contribution in [0, 0.1) is 0 Å². The zero-order valence-electron chi connectivity index (χ0n) is 47.3. The number of carbonyl (C=O) groups excluding carboxylic acids is 2. The molecule has 70 heavy (non-hydrogen) atoms. The maximum Gasteiger partial charge on any atom is 0.305 e. The molecule has 3 N–H and O–H groups in total. The minimum atomic E-state index is -0.851. The number of rotatable bonds is 59. The Labute approximate surface area is 437 Å². The molecule has 0 rings (SSSR count). The first-order valence-electron chi connectivity index (χ1n) is 31.6. The maximum absolute atomic E-state index is 12.5. The van der Waals surface area contributed by atoms with E-state index in [1.165, 1.54) is 270 Å². The summed E-state index contributed by atoms with van der Waals surface area (Å²) in [6, 6.07) is -0.635. The monoisotopic (exact) mass is 986 g/mol. The molecule has 0 aromatic rings. The van der Waals surface area contributed by atoms with E-state index in [9.17, 15) is 19.8 Å². The van der Waals surface area contributed by atoms with Crippen LogP contribution in [-0.4, -0.2) is 47.4 Å². The molecule has 0 fully saturated rings. The van der Waals surface area contributed by atoms with Crippen molar-refractivity contribution in [1.29, 1.82) is 0 Å². The second kappa shape index (κ2) is 59.9. The Morgan fingerprint density at radius 1 is 0.386 bits per heavy atom. The van der Waals surface area contributed by atoms with Crippen LogP contribution in [0.1, 0.15) is 348 Å². The molecule has 2 atom stereocenters. The van der Waals surface area contributed by atoms with Crippen LogP contribution in [-0.2, 0) is 14.3 Å². The van der Waals surface area contributed by atoms with Gasteiger partial charge in [-0.15, -0.1) is 0 Å². The Balaban J connectivity index is 3.45. The smallest absolute Gasteiger partial charge is 0.305 e. The lowest BCUT2D eigenvalue weighted by Crippen LogP contribution is -2.45. The summed E-state index contributed by atoms with van der Waals surface area (Å²) >= 11 is 0. The zero-order valence-corrected chi connectivity index (χ0v) is 47.3. The molecule has 0 saturated heterocycles. The van der Waals surface area contributed by atoms with Crippen molar-refractivity contribution in [2.75, 3.05) is 13.2 Å². The molecule has 0 bridgehead atoms. The first-order chi connectivity index (χ1) is 34.5. The number of carbonyl (C=O) groups is 2. The van der Waals surface area contributed by atoms with Gasteiger partial charge in [0.15, 0.2) is 0 Å². The van der Waals surface area contributed by atoms with E-state index in [-0.39, 0.29) is 18.5 Å². The molecule has 0 saturated carbocycles. The third-order valence-electron chi connectivity index (χ3n) is 14.7. The summed E-state index contributed by atoms with van der Waals surface area (Å²) in [5, 5.41) is 23.2. The molecule has 0 spiro atoms. The normalized spacial score (nSPS) is 12.7. The Kier molecular flexibility index (Phi) is 58.5. The van der Waals surface area contributed by atoms with Crippen molar-refractivity contribution in [2.45, 2.75) is 360 Å². The Morgan fingerprint density at radius 3 is 1.01 bits per heavy atom. The highest BCUT2D eigenvalue weighted by Gasteiger charge is 2.18. The fourth-order valence-electron chi connectivity index (χ4n) is 9.87. The zero-order chi connectivity index (χ0) is 50.7. The predicted molar refractivity (Wildman–Crippen MR) is 306 cm³/mol. The van der Waals surface area contributed by atoms with Crippen molar-refractivity contribution in [2.24, 2.45) is 0 Å². The third-order valence-corrected chi connectivity index (χ3v) is 14.7. The number of allylic oxidation sites excluding steroid dienone is 3. The lowest BCUT2D eigenvalue weighted by molar-refractivity contribution is -0.143. The molecule has 6 heteroatoms. The number of unbranched alkanes of at least 4 members (excludes halogenated alkanes) is 46. The van der Waals surface area contributed by atoms with Gasteiger partial charge in [0.1, 0.15) is 0 Å². The number of esters is 1. The molecule has 0 aromatic carbocycles. The largest absolute Gasteiger partial charge is 0.466 e. The maximum atomic E-state index is 12.5. The summed E-state index contributed by atoms with van der Waals surface area (Å²) in [5.41, 5.74) is 0. The first-order valence-corrected chi connectivity index (χ1v) is 31.6. The average molecular weight is 987 g/mol. The summed E-state index contributed by atoms with van der Waals surface area (Å²) in [6.07, 6.45) is 73.5. The van der Waals surface area contributed by atoms with E-state index >= 15 is 0 Å². The van der Waals surface area contributed by atoms with E-state index in [4.69, 9.17) is 4.74 Å². The van der Waals surface area contributed by atoms with E-state index in [0.29, 0.717) is 19.4 Å². The van der Waals surface area contributed by atoms with Gasteiger partial charge in [-0.1, -0.05) is 301 Å². The number of amides is 1. The van der Waals surface area contributed by atoms with Crippen LogP contribution in [0.25, 0.3) is 0 Å². The van der Waals surface area contributed by atoms with Gasteiger partial charge in [0.25, 0.3) is 0 Å². The van der Waals surface area contributed by atoms with Crippen molar-refractivity contribution in [1.82, 2.24) is 5.32 Å². The second-order valence-electron chi connectivity index (χ2n) is 21.7. The van der Waals surface area contributed by atoms with Gasteiger partial charge >= 0.3 is 5.97 Å². The van der Waals surface area contributed by atoms with Crippen LogP contribution < -0.4 is 5.32 Å². The quantitative estimate of drug-likeness (QED) is 0.0321. The van der Waals surface area contributed by atoms with E-state index < -0.39 is 12.1 Å². The fourth-order valence-corrected chi connectivity index (χ4v) is 9.87. The van der Waals surface area contributed by atoms with E-state index in [1.54, 1.807) is 6.08 Å². The summed E-state index contributed by atoms with van der Waals surface area (Å²) in [4.78, 5) is 24.6. The molecule has 0 aromatic heterocycles. The van der Waals surface area contributed by atoms with Gasteiger partial charge in [0, 0.05) is 12.8 Å². The van der Waals surface area contributed by atoms with Gasteiger partial charge < -0.3 is 20.3 Å². The van der Waals surface area contributed by atoms with Crippen molar-refractivity contribution in [3.05, 3.63) is 24.3 Å². The molecule has 0 aliphatic heterocycles. The number of hydrogen-bond acceptors (Lipinski definition) is 5. The van der Waals surface area contributed by atoms with Crippen LogP contribution in [0.15, 0.2) is 24.3 Å². The van der Waals surface area contributed by atoms with E-state index in [2.05, 4.69) is 31.3 Å². The van der Waals surface area contributed by atoms with Crippen LogP contribution >= 0.6 is 0 Å². The summed E-state index contributed by atoms with van der Waals surface area (Å²) in [5.74, 6) is -0.0763. The van der Waals surface area contributed by atoms with Gasteiger partial charge in [-0.05, 0) is 57.8 Å². The van der Waals surface area contributed by atoms with Crippen LogP contribution in [0.5, 0.6) is 0 Å². The molecule has 0 radical (unpaired) electrons. The van der Waals surface area contributed by atoms with Gasteiger partial charge in [0.2, 0.25) is 5.91 Å². The number of aliphatic hydroxyl groups excluding tert-OH is 2. The second-order valence-corrected chi connectivity index (χ2v) is 21.7. The molecular formula is C64H123NO5. The molecular weight excluding hydrogens is 863 g/mol. The SMILES string of the molecule is CCCCCCCC/C=C\CCCCCCCCCC(=O)OCCCCCCCCCCCCCCCCCC(=O)NC(CO)C(O)/C=C/CCCCCCCCCCCCCCCCCCCCC. The van der Waals surface area contributed by atoms with Crippen molar-refractivity contribution >= 4 is 11.9 Å². The average Bonchev–Trinajstić information content (AvgIpc) is 3.36. The number of nitrogens with one attached hydrogen (secondary N) is 1. The van der Waals surface area contributed by atoms with Crippen LogP contribution in [0.3, 0.4) is 0 Å². The molecule has 0 heterocycles. The number of hydrogen-bond donors (Lipinski definition) is 3. The summed E-state index contributed by atoms with van der Waals surface area (Å²) in [6.45, 7) is 4.91. The molecule has 0 aliphatic rings. The molecule has 414 valence electrons. The van der Waals surface area contributed by atoms with Crippen molar-refractivity contribution in [3.63, 3.8) is 0 Å². The van der Waals surface area contributed by atoms with Crippen molar-refractivity contribution < 1.29 is 24.5 Å². The number of ether oxygens (including phenoxy) is 1. The minimum absolute atomic E-state index is 0.00301. The highest BCUT2D eigenvalue weighted by molar-refractivity contribution is 5.76. The Hall–Kier alpha value is -1.66. The third kappa shape index (κ3) is 55.7. The lowest BCUT2D eigenvalue weighted by atomic mass is 10.0. The number of aliphatic hydroxyl groups is 2. The Morgan fingerprint density at radius 2 is 0.671 bits per heavy atom. The van der Waals surface area contributed by atoms with Gasteiger partial charge in [-0.2, -0.15) is 0 Å². The van der Waals surface area contributed by atoms with Gasteiger partial charge in [-0.25, -0.2) is 0 Å². The van der Waals surface area contributed by atoms with E-state index in [1.807, 2.05) is 6.08 Å². The Bertz CT molecular complexity index is 1090. The summed E-state index contributed by atoms with van der Waals surface area (Å²) in [7, 11) is 0. The molecule has 6 nitrogen and oxygen atoms in total. The minimum Gasteiger partial charge on any atom is -0.466 e. The van der Waals surface area contributed by atoms with Crippen LogP contribution in [0.2, 0.25) is 0 Å². The summed E-state index contributed by atoms with van der Waals surface area (Å²) < 4.78 is 5.49. The predicted octanol–water partition coefficient (Wildman–Crippen LogP) is 19.8. The van der Waals surface area contributed by atoms with Gasteiger partial charge in [0.05, 0.1) is 25.4 Å². The lowest BCUT2D eigenvalue weighted by Gasteiger charge is -2.20. The fraction of sp³-hybridized carbons (Fsp3) is 0.906. The standard InChI is InChI=1S/C64H123NO5/c1-3-5-7-9-11-13-15-17-19-21-22-23-24-26-28-32-36-40-44-48-52-56-62(67)61(60-66)65-63(68)57-53-49-45-41-37-33-29-27-31-35-39-43-47-51-55-59-70-64(69)58-54-50-46-42-38-34-30-25-20-18-16-14-12-10-8-6-4-2/h18,20,52,56,61-62,66-67H,3-17,19,21-51,53-55,57-60H2,1-2H3,(H,65,68)/b20-18-,56-52+. The highest BCUT2D eigenvalue weighted by Crippen LogP contribution is 2.18. The molecule has 2 unspecified atom stereocenters. The molecule has 0 aliphatic carbocycles. The topological polar surface area (TPSA) is 95.9 Å².